The Balaban J connectivity index is 1.22. The van der Waals surface area contributed by atoms with Crippen LogP contribution in [0.5, 0.6) is 0 Å². The standard InChI is InChI=1S/C41H33N5O5S2/c1-26-16-20-29(21-17-26)36-27(2)52-41(44-36)45-40(49)37(30-10-5-3-6-11-30)53-34-15-9-14-32(25-34)42-39(48)35(43-38(47)31-12-7-4-8-13-31)24-28-18-22-33(23-19-28)46(50)51/h3-25,37H,1-2H3,(H,42,48)(H,43,47)(H,44,45,49)/b35-24+. The van der Waals surface area contributed by atoms with Gasteiger partial charge in [-0.1, -0.05) is 84.4 Å². The third-order valence-electron chi connectivity index (χ3n) is 7.98. The molecule has 0 radical (unpaired) electrons. The number of nitrogens with one attached hydrogen (secondary N) is 3. The molecular weight excluding hydrogens is 707 g/mol. The molecule has 6 aromatic rings. The Morgan fingerprint density at radius 3 is 2.17 bits per heavy atom. The Hall–Kier alpha value is -6.37. The summed E-state index contributed by atoms with van der Waals surface area (Å²) >= 11 is 2.73. The van der Waals surface area contributed by atoms with Crippen molar-refractivity contribution in [3.8, 4) is 11.3 Å². The summed E-state index contributed by atoms with van der Waals surface area (Å²) in [6.07, 6.45) is 1.44. The predicted octanol–water partition coefficient (Wildman–Crippen LogP) is 9.22. The molecule has 1 atom stereocenters. The molecule has 0 fully saturated rings. The molecular formula is C41H33N5O5S2. The molecule has 0 saturated carbocycles. The molecule has 0 aliphatic heterocycles. The van der Waals surface area contributed by atoms with E-state index in [0.717, 1.165) is 27.3 Å². The van der Waals surface area contributed by atoms with Crippen molar-refractivity contribution in [3.63, 3.8) is 0 Å². The van der Waals surface area contributed by atoms with E-state index < -0.39 is 22.0 Å². The van der Waals surface area contributed by atoms with Gasteiger partial charge in [0.1, 0.15) is 10.9 Å². The van der Waals surface area contributed by atoms with Gasteiger partial charge in [0.15, 0.2) is 5.13 Å². The number of nitrogens with zero attached hydrogens (tertiary/aromatic N) is 2. The number of amides is 3. The van der Waals surface area contributed by atoms with Crippen LogP contribution in [0.1, 0.15) is 37.2 Å². The van der Waals surface area contributed by atoms with E-state index in [9.17, 15) is 24.5 Å². The number of aromatic nitrogens is 1. The largest absolute Gasteiger partial charge is 0.321 e. The third-order valence-corrected chi connectivity index (χ3v) is 10.1. The Morgan fingerprint density at radius 2 is 1.49 bits per heavy atom. The topological polar surface area (TPSA) is 143 Å². The highest BCUT2D eigenvalue weighted by atomic mass is 32.2. The minimum absolute atomic E-state index is 0.0731. The molecule has 5 aromatic carbocycles. The van der Waals surface area contributed by atoms with Crippen molar-refractivity contribution in [2.75, 3.05) is 10.6 Å². The summed E-state index contributed by atoms with van der Waals surface area (Å²) < 4.78 is 0. The Bertz CT molecular complexity index is 2290. The van der Waals surface area contributed by atoms with Crippen LogP contribution < -0.4 is 16.0 Å². The van der Waals surface area contributed by atoms with E-state index in [1.54, 1.807) is 48.5 Å². The Labute approximate surface area is 314 Å². The van der Waals surface area contributed by atoms with Crippen molar-refractivity contribution in [1.29, 1.82) is 0 Å². The number of carbonyl (C=O) groups is 3. The van der Waals surface area contributed by atoms with Crippen LogP contribution in [0.4, 0.5) is 16.5 Å². The van der Waals surface area contributed by atoms with Crippen LogP contribution >= 0.6 is 23.1 Å². The van der Waals surface area contributed by atoms with E-state index in [4.69, 9.17) is 4.98 Å². The number of thioether (sulfide) groups is 1. The van der Waals surface area contributed by atoms with E-state index in [-0.39, 0.29) is 17.3 Å². The molecule has 1 heterocycles. The average Bonchev–Trinajstić information content (AvgIpc) is 3.53. The van der Waals surface area contributed by atoms with Gasteiger partial charge in [0.2, 0.25) is 5.91 Å². The molecule has 53 heavy (non-hydrogen) atoms. The van der Waals surface area contributed by atoms with Crippen LogP contribution in [0.15, 0.2) is 144 Å². The molecule has 0 spiro atoms. The predicted molar refractivity (Wildman–Crippen MR) is 211 cm³/mol. The first-order chi connectivity index (χ1) is 25.6. The van der Waals surface area contributed by atoms with Gasteiger partial charge in [-0.2, -0.15) is 0 Å². The number of non-ortho nitro benzene ring substituents is 1. The number of rotatable bonds is 12. The highest BCUT2D eigenvalue weighted by Crippen LogP contribution is 2.38. The third kappa shape index (κ3) is 9.50. The molecule has 3 N–H and O–H groups in total. The van der Waals surface area contributed by atoms with Crippen LogP contribution in [0.25, 0.3) is 17.3 Å². The van der Waals surface area contributed by atoms with Gasteiger partial charge in [-0.15, -0.1) is 23.1 Å². The molecule has 6 rings (SSSR count). The van der Waals surface area contributed by atoms with E-state index >= 15 is 0 Å². The van der Waals surface area contributed by atoms with Crippen molar-refractivity contribution in [1.82, 2.24) is 10.3 Å². The first-order valence-electron chi connectivity index (χ1n) is 16.4. The lowest BCUT2D eigenvalue weighted by atomic mass is 10.1. The van der Waals surface area contributed by atoms with Crippen LogP contribution in [0.2, 0.25) is 0 Å². The molecule has 264 valence electrons. The SMILES string of the molecule is Cc1ccc(-c2nc(NC(=O)C(Sc3cccc(NC(=O)/C(=C\c4ccc([N+](=O)[O-])cc4)NC(=O)c4ccccc4)c3)c3ccccc3)sc2C)cc1. The van der Waals surface area contributed by atoms with Gasteiger partial charge in [0, 0.05) is 38.7 Å². The molecule has 0 aliphatic rings. The maximum Gasteiger partial charge on any atom is 0.272 e. The van der Waals surface area contributed by atoms with Crippen LogP contribution in [0.3, 0.4) is 0 Å². The Kier molecular flexibility index (Phi) is 11.5. The number of carbonyl (C=O) groups excluding carboxylic acids is 3. The first kappa shape index (κ1) is 36.4. The van der Waals surface area contributed by atoms with E-state index in [1.165, 1.54) is 53.4 Å². The fourth-order valence-electron chi connectivity index (χ4n) is 5.28. The smallest absolute Gasteiger partial charge is 0.272 e. The number of benzene rings is 5. The van der Waals surface area contributed by atoms with Crippen molar-refractivity contribution < 1.29 is 19.3 Å². The highest BCUT2D eigenvalue weighted by Gasteiger charge is 2.24. The lowest BCUT2D eigenvalue weighted by Crippen LogP contribution is -2.30. The van der Waals surface area contributed by atoms with Crippen LogP contribution in [-0.2, 0) is 9.59 Å². The number of nitro groups is 1. The summed E-state index contributed by atoms with van der Waals surface area (Å²) in [6.45, 7) is 4.01. The number of aryl methyl sites for hydroxylation is 2. The summed E-state index contributed by atoms with van der Waals surface area (Å²) in [5, 5.41) is 19.5. The second kappa shape index (κ2) is 16.8. The van der Waals surface area contributed by atoms with Gasteiger partial charge < -0.3 is 16.0 Å². The summed E-state index contributed by atoms with van der Waals surface area (Å²) in [6, 6.07) is 38.6. The quantitative estimate of drug-likeness (QED) is 0.0491. The van der Waals surface area contributed by atoms with E-state index in [0.29, 0.717) is 26.8 Å². The lowest BCUT2D eigenvalue weighted by Gasteiger charge is -2.17. The maximum absolute atomic E-state index is 13.9. The Morgan fingerprint density at radius 1 is 0.811 bits per heavy atom. The first-order valence-corrected chi connectivity index (χ1v) is 18.1. The maximum atomic E-state index is 13.9. The second-order valence-corrected chi connectivity index (χ2v) is 14.3. The summed E-state index contributed by atoms with van der Waals surface area (Å²) in [4.78, 5) is 57.8. The number of hydrogen-bond acceptors (Lipinski definition) is 8. The zero-order chi connectivity index (χ0) is 37.3. The van der Waals surface area contributed by atoms with Gasteiger partial charge >= 0.3 is 0 Å². The number of anilines is 2. The molecule has 1 unspecified atom stereocenters. The molecule has 0 bridgehead atoms. The fraction of sp³-hybridized carbons (Fsp3) is 0.0732. The van der Waals surface area contributed by atoms with Gasteiger partial charge in [-0.05, 0) is 73.5 Å². The zero-order valence-electron chi connectivity index (χ0n) is 28.6. The number of nitro benzene ring substituents is 1. The molecule has 1 aromatic heterocycles. The van der Waals surface area contributed by atoms with Crippen LogP contribution in [-0.4, -0.2) is 27.6 Å². The van der Waals surface area contributed by atoms with Crippen LogP contribution in [0, 0.1) is 24.0 Å². The average molecular weight is 740 g/mol. The monoisotopic (exact) mass is 739 g/mol. The lowest BCUT2D eigenvalue weighted by molar-refractivity contribution is -0.384. The number of thiazole rings is 1. The van der Waals surface area contributed by atoms with E-state index in [2.05, 4.69) is 16.0 Å². The summed E-state index contributed by atoms with van der Waals surface area (Å²) in [5.41, 5.74) is 4.79. The second-order valence-electron chi connectivity index (χ2n) is 11.9. The van der Waals surface area contributed by atoms with Crippen molar-refractivity contribution in [2.24, 2.45) is 0 Å². The molecule has 0 saturated heterocycles. The van der Waals surface area contributed by atoms with Gasteiger partial charge in [0.05, 0.1) is 10.6 Å². The van der Waals surface area contributed by atoms with Crippen molar-refractivity contribution >= 4 is 63.4 Å². The summed E-state index contributed by atoms with van der Waals surface area (Å²) in [7, 11) is 0. The normalized spacial score (nSPS) is 11.7. The molecule has 3 amide bonds. The molecule has 0 aliphatic carbocycles. The zero-order valence-corrected chi connectivity index (χ0v) is 30.2. The number of hydrogen-bond donors (Lipinski definition) is 3. The molecule has 10 nitrogen and oxygen atoms in total. The van der Waals surface area contributed by atoms with E-state index in [1.807, 2.05) is 74.5 Å². The minimum atomic E-state index is -0.656. The summed E-state index contributed by atoms with van der Waals surface area (Å²) in [5.74, 6) is -1.37. The molecule has 12 heteroatoms. The fourth-order valence-corrected chi connectivity index (χ4v) is 7.21. The highest BCUT2D eigenvalue weighted by molar-refractivity contribution is 8.00. The van der Waals surface area contributed by atoms with Crippen molar-refractivity contribution in [3.05, 3.63) is 176 Å². The van der Waals surface area contributed by atoms with Gasteiger partial charge in [0.25, 0.3) is 17.5 Å². The van der Waals surface area contributed by atoms with Gasteiger partial charge in [-0.3, -0.25) is 24.5 Å². The van der Waals surface area contributed by atoms with Gasteiger partial charge in [-0.25, -0.2) is 4.98 Å². The van der Waals surface area contributed by atoms with Crippen molar-refractivity contribution in [2.45, 2.75) is 24.0 Å². The minimum Gasteiger partial charge on any atom is -0.321 e.